The van der Waals surface area contributed by atoms with Crippen molar-refractivity contribution in [2.45, 2.75) is 36.7 Å². The number of benzene rings is 1. The number of carbonyl (C=O) groups is 1. The molecule has 1 aromatic heterocycles. The quantitative estimate of drug-likeness (QED) is 0.741. The van der Waals surface area contributed by atoms with Crippen molar-refractivity contribution in [3.8, 4) is 0 Å². The molecule has 26 heavy (non-hydrogen) atoms. The predicted octanol–water partition coefficient (Wildman–Crippen LogP) is 2.65. The van der Waals surface area contributed by atoms with Crippen LogP contribution < -0.4 is 0 Å². The zero-order chi connectivity index (χ0) is 18.4. The van der Waals surface area contributed by atoms with Crippen LogP contribution in [-0.2, 0) is 25.9 Å². The SMILES string of the molecule is O=C(CCS(=O)(=O)c1ccccc1)N(Cc1ccco1)C1CCOCC1. The lowest BCUT2D eigenvalue weighted by molar-refractivity contribution is -0.136. The van der Waals surface area contributed by atoms with Crippen LogP contribution in [0.4, 0.5) is 0 Å². The molecule has 1 aliphatic rings. The molecular formula is C19H23NO5S. The maximum Gasteiger partial charge on any atom is 0.224 e. The van der Waals surface area contributed by atoms with Gasteiger partial charge in [0.1, 0.15) is 5.76 Å². The molecule has 0 N–H and O–H groups in total. The molecule has 0 atom stereocenters. The molecule has 1 aliphatic heterocycles. The van der Waals surface area contributed by atoms with Crippen LogP contribution in [0.1, 0.15) is 25.0 Å². The fraction of sp³-hybridized carbons (Fsp3) is 0.421. The van der Waals surface area contributed by atoms with Crippen LogP contribution in [-0.4, -0.2) is 44.2 Å². The fourth-order valence-corrected chi connectivity index (χ4v) is 4.35. The van der Waals surface area contributed by atoms with Crippen molar-refractivity contribution >= 4 is 15.7 Å². The van der Waals surface area contributed by atoms with Gasteiger partial charge in [-0.15, -0.1) is 0 Å². The van der Waals surface area contributed by atoms with Gasteiger partial charge in [-0.25, -0.2) is 8.42 Å². The summed E-state index contributed by atoms with van der Waals surface area (Å²) < 4.78 is 35.6. The highest BCUT2D eigenvalue weighted by Gasteiger charge is 2.28. The number of carbonyl (C=O) groups excluding carboxylic acids is 1. The van der Waals surface area contributed by atoms with Crippen molar-refractivity contribution in [3.05, 3.63) is 54.5 Å². The van der Waals surface area contributed by atoms with Crippen molar-refractivity contribution < 1.29 is 22.4 Å². The summed E-state index contributed by atoms with van der Waals surface area (Å²) in [7, 11) is -3.48. The van der Waals surface area contributed by atoms with Crippen LogP contribution in [0.5, 0.6) is 0 Å². The highest BCUT2D eigenvalue weighted by molar-refractivity contribution is 7.91. The minimum absolute atomic E-state index is 0.0424. The first-order chi connectivity index (χ1) is 12.6. The summed E-state index contributed by atoms with van der Waals surface area (Å²) in [5.41, 5.74) is 0. The van der Waals surface area contributed by atoms with E-state index in [4.69, 9.17) is 9.15 Å². The maximum absolute atomic E-state index is 12.8. The monoisotopic (exact) mass is 377 g/mol. The first kappa shape index (κ1) is 18.7. The number of furan rings is 1. The first-order valence-electron chi connectivity index (χ1n) is 8.74. The number of rotatable bonds is 7. The third-order valence-electron chi connectivity index (χ3n) is 4.55. The molecular weight excluding hydrogens is 354 g/mol. The second-order valence-corrected chi connectivity index (χ2v) is 8.44. The van der Waals surface area contributed by atoms with E-state index in [1.54, 1.807) is 47.6 Å². The molecule has 7 heteroatoms. The molecule has 0 radical (unpaired) electrons. The number of nitrogens with zero attached hydrogens (tertiary/aromatic N) is 1. The number of ether oxygens (including phenoxy) is 1. The lowest BCUT2D eigenvalue weighted by Gasteiger charge is -2.34. The summed E-state index contributed by atoms with van der Waals surface area (Å²) in [4.78, 5) is 14.8. The fourth-order valence-electron chi connectivity index (χ4n) is 3.10. The summed E-state index contributed by atoms with van der Waals surface area (Å²) in [6.45, 7) is 1.56. The van der Waals surface area contributed by atoms with Crippen LogP contribution in [0.2, 0.25) is 0 Å². The Hall–Kier alpha value is -2.12. The summed E-state index contributed by atoms with van der Waals surface area (Å²) in [5, 5.41) is 0. The van der Waals surface area contributed by atoms with Gasteiger partial charge in [0.2, 0.25) is 5.91 Å². The summed E-state index contributed by atoms with van der Waals surface area (Å²) >= 11 is 0. The van der Waals surface area contributed by atoms with Crippen LogP contribution in [0.15, 0.2) is 58.0 Å². The molecule has 0 saturated carbocycles. The van der Waals surface area contributed by atoms with E-state index in [2.05, 4.69) is 0 Å². The Kier molecular flexibility index (Phi) is 6.11. The van der Waals surface area contributed by atoms with E-state index < -0.39 is 9.84 Å². The third kappa shape index (κ3) is 4.74. The lowest BCUT2D eigenvalue weighted by Crippen LogP contribution is -2.43. The minimum Gasteiger partial charge on any atom is -0.467 e. The molecule has 0 bridgehead atoms. The van der Waals surface area contributed by atoms with Gasteiger partial charge in [0, 0.05) is 25.7 Å². The van der Waals surface area contributed by atoms with Crippen LogP contribution in [0.3, 0.4) is 0 Å². The van der Waals surface area contributed by atoms with Crippen LogP contribution in [0.25, 0.3) is 0 Å². The number of sulfone groups is 1. The minimum atomic E-state index is -3.48. The van der Waals surface area contributed by atoms with E-state index in [0.717, 1.165) is 12.8 Å². The molecule has 0 spiro atoms. The van der Waals surface area contributed by atoms with Crippen molar-refractivity contribution in [1.29, 1.82) is 0 Å². The Bertz CT molecular complexity index is 796. The van der Waals surface area contributed by atoms with Gasteiger partial charge in [0.15, 0.2) is 9.84 Å². The van der Waals surface area contributed by atoms with E-state index in [0.29, 0.717) is 25.5 Å². The molecule has 1 saturated heterocycles. The Morgan fingerprint density at radius 1 is 1.08 bits per heavy atom. The van der Waals surface area contributed by atoms with Gasteiger partial charge in [-0.3, -0.25) is 4.79 Å². The maximum atomic E-state index is 12.8. The average molecular weight is 377 g/mol. The standard InChI is InChI=1S/C19H23NO5S/c21-19(10-14-26(22,23)18-6-2-1-3-7-18)20(15-17-5-4-11-25-17)16-8-12-24-13-9-16/h1-7,11,16H,8-10,12-15H2. The van der Waals surface area contributed by atoms with Crippen LogP contribution >= 0.6 is 0 Å². The number of hydrogen-bond acceptors (Lipinski definition) is 5. The molecule has 0 aliphatic carbocycles. The second kappa shape index (κ2) is 8.51. The molecule has 2 aromatic rings. The highest BCUT2D eigenvalue weighted by atomic mass is 32.2. The van der Waals surface area contributed by atoms with E-state index >= 15 is 0 Å². The first-order valence-corrected chi connectivity index (χ1v) is 10.4. The summed E-state index contributed by atoms with van der Waals surface area (Å²) in [5.74, 6) is 0.317. The molecule has 0 unspecified atom stereocenters. The molecule has 140 valence electrons. The van der Waals surface area contributed by atoms with Gasteiger partial charge >= 0.3 is 0 Å². The topological polar surface area (TPSA) is 76.8 Å². The van der Waals surface area contributed by atoms with Gasteiger partial charge in [-0.05, 0) is 37.1 Å². The number of amides is 1. The smallest absolute Gasteiger partial charge is 0.224 e. The Morgan fingerprint density at radius 3 is 2.46 bits per heavy atom. The van der Waals surface area contributed by atoms with E-state index in [-0.39, 0.29) is 29.0 Å². The highest BCUT2D eigenvalue weighted by Crippen LogP contribution is 2.20. The second-order valence-electron chi connectivity index (χ2n) is 6.33. The van der Waals surface area contributed by atoms with Crippen LogP contribution in [0, 0.1) is 0 Å². The molecule has 2 heterocycles. The van der Waals surface area contributed by atoms with Gasteiger partial charge < -0.3 is 14.1 Å². The Balaban J connectivity index is 1.68. The molecule has 1 fully saturated rings. The van der Waals surface area contributed by atoms with Gasteiger partial charge in [0.25, 0.3) is 0 Å². The normalized spacial score (nSPS) is 15.7. The van der Waals surface area contributed by atoms with Crippen molar-refractivity contribution in [2.75, 3.05) is 19.0 Å². The zero-order valence-electron chi connectivity index (χ0n) is 14.5. The summed E-state index contributed by atoms with van der Waals surface area (Å²) in [6, 6.07) is 11.9. The predicted molar refractivity (Wildman–Crippen MR) is 96.2 cm³/mol. The Morgan fingerprint density at radius 2 is 1.81 bits per heavy atom. The third-order valence-corrected chi connectivity index (χ3v) is 6.28. The van der Waals surface area contributed by atoms with Gasteiger partial charge in [0.05, 0.1) is 23.5 Å². The molecule has 6 nitrogen and oxygen atoms in total. The van der Waals surface area contributed by atoms with E-state index in [1.807, 2.05) is 6.07 Å². The number of hydrogen-bond donors (Lipinski definition) is 0. The van der Waals surface area contributed by atoms with Crippen molar-refractivity contribution in [2.24, 2.45) is 0 Å². The van der Waals surface area contributed by atoms with Gasteiger partial charge in [-0.1, -0.05) is 18.2 Å². The van der Waals surface area contributed by atoms with Crippen molar-refractivity contribution in [1.82, 2.24) is 4.90 Å². The molecule has 1 aromatic carbocycles. The average Bonchev–Trinajstić information content (AvgIpc) is 3.19. The summed E-state index contributed by atoms with van der Waals surface area (Å²) in [6.07, 6.45) is 3.02. The van der Waals surface area contributed by atoms with Crippen molar-refractivity contribution in [3.63, 3.8) is 0 Å². The Labute approximate surface area is 153 Å². The van der Waals surface area contributed by atoms with E-state index in [9.17, 15) is 13.2 Å². The largest absolute Gasteiger partial charge is 0.467 e. The zero-order valence-corrected chi connectivity index (χ0v) is 15.4. The lowest BCUT2D eigenvalue weighted by atomic mass is 10.1. The molecule has 3 rings (SSSR count). The van der Waals surface area contributed by atoms with Gasteiger partial charge in [-0.2, -0.15) is 0 Å². The van der Waals surface area contributed by atoms with E-state index in [1.165, 1.54) is 0 Å². The molecule has 1 amide bonds.